The van der Waals surface area contributed by atoms with E-state index in [-0.39, 0.29) is 26.5 Å². The molecule has 0 radical (unpaired) electrons. The minimum atomic E-state index is -0.670. The van der Waals surface area contributed by atoms with E-state index in [0.717, 1.165) is 45.7 Å². The van der Waals surface area contributed by atoms with Crippen LogP contribution in [0.1, 0.15) is 62.4 Å². The van der Waals surface area contributed by atoms with Gasteiger partial charge in [-0.1, -0.05) is 111 Å². The molecule has 0 fully saturated rings. The quantitative estimate of drug-likeness (QED) is 0.161. The molecule has 2 aromatic heterocycles. The van der Waals surface area contributed by atoms with Crippen molar-refractivity contribution in [2.24, 2.45) is 0 Å². The number of para-hydroxylation sites is 3. The van der Waals surface area contributed by atoms with E-state index in [1.54, 1.807) is 0 Å². The van der Waals surface area contributed by atoms with Gasteiger partial charge in [0.2, 0.25) is 0 Å². The molecule has 0 spiro atoms. The molecule has 0 saturated heterocycles. The van der Waals surface area contributed by atoms with Gasteiger partial charge in [0, 0.05) is 23.2 Å². The molecule has 55 heavy (non-hydrogen) atoms. The Labute approximate surface area is 338 Å². The van der Waals surface area contributed by atoms with Crippen molar-refractivity contribution in [3.63, 3.8) is 0 Å². The Bertz CT molecular complexity index is 2710. The Morgan fingerprint density at radius 1 is 0.655 bits per heavy atom. The molecule has 1 aliphatic carbocycles. The topological polar surface area (TPSA) is 24.3 Å². The van der Waals surface area contributed by atoms with Crippen LogP contribution < -0.4 is 9.80 Å². The molecule has 3 heterocycles. The molecule has 0 N–H and O–H groups in total. The summed E-state index contributed by atoms with van der Waals surface area (Å²) in [6.45, 7) is 12.1. The number of anilines is 3. The Morgan fingerprint density at radius 2 is 1.31 bits per heavy atom. The second kappa shape index (κ2) is 13.1. The number of benzene rings is 6. The maximum atomic E-state index is 4.99. The van der Waals surface area contributed by atoms with Gasteiger partial charge in [0.05, 0.1) is 18.0 Å². The fourth-order valence-electron chi connectivity index (χ4n) is 9.04. The van der Waals surface area contributed by atoms with Gasteiger partial charge < -0.3 is 14.4 Å². The van der Waals surface area contributed by atoms with Crippen molar-refractivity contribution < 1.29 is 21.1 Å². The van der Waals surface area contributed by atoms with Crippen molar-refractivity contribution in [3.8, 4) is 16.9 Å². The van der Waals surface area contributed by atoms with E-state index in [4.69, 9.17) is 4.98 Å². The predicted molar refractivity (Wildman–Crippen MR) is 223 cm³/mol. The summed E-state index contributed by atoms with van der Waals surface area (Å²) in [6, 6.07) is 59.5. The summed E-state index contributed by atoms with van der Waals surface area (Å²) < 4.78 is 2.31. The number of aromatic nitrogens is 2. The van der Waals surface area contributed by atoms with Crippen LogP contribution in [0.25, 0.3) is 38.8 Å². The van der Waals surface area contributed by atoms with E-state index >= 15 is 0 Å². The first-order valence-electron chi connectivity index (χ1n) is 19.0. The summed E-state index contributed by atoms with van der Waals surface area (Å²) in [7, 11) is 0. The van der Waals surface area contributed by atoms with E-state index in [0.29, 0.717) is 6.04 Å². The van der Waals surface area contributed by atoms with Crippen LogP contribution in [0.3, 0.4) is 0 Å². The minimum absolute atomic E-state index is 0. The van der Waals surface area contributed by atoms with E-state index in [1.165, 1.54) is 44.6 Å². The molecule has 10 rings (SSSR count). The molecule has 0 bridgehead atoms. The van der Waals surface area contributed by atoms with E-state index in [1.807, 2.05) is 6.20 Å². The standard InChI is InChI=1S/C50H42N4.Pt/c1-33(2)52-32-53(46-24-13-12-23-45(46)52)37-16-14-15-35(29-37)50(42-20-9-6-17-38(42)39-18-7-10-21-43(39)50)36-25-26-41-40-19-8-11-22-44(40)54(47(41)30-36)48-31-34(27-28-51-48)49(3,4)5;/h6-28,31,33H,32H2,1-5H3;/q-2;+2. The van der Waals surface area contributed by atoms with Crippen molar-refractivity contribution >= 4 is 38.9 Å². The van der Waals surface area contributed by atoms with Gasteiger partial charge in [-0.2, -0.15) is 36.4 Å². The van der Waals surface area contributed by atoms with Gasteiger partial charge in [-0.3, -0.25) is 0 Å². The van der Waals surface area contributed by atoms with Gasteiger partial charge in [-0.15, -0.1) is 22.6 Å². The molecular formula is C50H42N4Pt. The van der Waals surface area contributed by atoms with Crippen molar-refractivity contribution in [2.75, 3.05) is 16.5 Å². The second-order valence-electron chi connectivity index (χ2n) is 16.1. The molecule has 0 amide bonds. The summed E-state index contributed by atoms with van der Waals surface area (Å²) in [6.07, 6.45) is 1.95. The number of pyridine rings is 1. The summed E-state index contributed by atoms with van der Waals surface area (Å²) in [4.78, 5) is 9.87. The molecule has 5 heteroatoms. The van der Waals surface area contributed by atoms with Crippen molar-refractivity contribution in [1.82, 2.24) is 9.55 Å². The number of rotatable bonds is 5. The van der Waals surface area contributed by atoms with E-state index < -0.39 is 5.41 Å². The zero-order valence-corrected chi connectivity index (χ0v) is 34.0. The molecule has 0 atom stereocenters. The average molecular weight is 894 g/mol. The van der Waals surface area contributed by atoms with Gasteiger partial charge in [-0.25, -0.2) is 4.98 Å². The van der Waals surface area contributed by atoms with Crippen LogP contribution in [0.4, 0.5) is 17.1 Å². The second-order valence-corrected chi connectivity index (χ2v) is 16.1. The Morgan fingerprint density at radius 3 is 2.04 bits per heavy atom. The van der Waals surface area contributed by atoms with Crippen molar-refractivity contribution in [1.29, 1.82) is 0 Å². The van der Waals surface area contributed by atoms with E-state index in [2.05, 4.69) is 201 Å². The average Bonchev–Trinajstić information content (AvgIpc) is 3.85. The summed E-state index contributed by atoms with van der Waals surface area (Å²) >= 11 is 0. The molecule has 6 aromatic carbocycles. The zero-order valence-electron chi connectivity index (χ0n) is 31.7. The molecular weight excluding hydrogens is 852 g/mol. The Hall–Kier alpha value is -5.44. The first-order chi connectivity index (χ1) is 26.2. The molecule has 272 valence electrons. The van der Waals surface area contributed by atoms with Crippen molar-refractivity contribution in [2.45, 2.75) is 51.5 Å². The molecule has 1 aliphatic heterocycles. The zero-order chi connectivity index (χ0) is 36.8. The SMILES string of the molecule is CC(C)N1CN(c2[c-]c(C3(c4[c-]c5c(cc4)c4ccccc4n5-c4cc(C(C)(C)C)ccn4)c4ccccc4-c4ccccc43)ccc2)c2ccccc21.[Pt+2]. The monoisotopic (exact) mass is 893 g/mol. The molecule has 2 aliphatic rings. The smallest absolute Gasteiger partial charge is 0.349 e. The number of hydrogen-bond acceptors (Lipinski definition) is 3. The fraction of sp³-hybridized carbons (Fsp3) is 0.180. The molecule has 4 nitrogen and oxygen atoms in total. The number of fused-ring (bicyclic) bond motifs is 7. The summed E-state index contributed by atoms with van der Waals surface area (Å²) in [5.74, 6) is 0.902. The third-order valence-corrected chi connectivity index (χ3v) is 11.7. The molecule has 0 unspecified atom stereocenters. The van der Waals surface area contributed by atoms with Gasteiger partial charge in [0.15, 0.2) is 0 Å². The predicted octanol–water partition coefficient (Wildman–Crippen LogP) is 11.8. The van der Waals surface area contributed by atoms with Crippen LogP contribution in [-0.2, 0) is 31.9 Å². The van der Waals surface area contributed by atoms with Gasteiger partial charge in [-0.05, 0) is 82.8 Å². The third kappa shape index (κ3) is 5.25. The molecule has 8 aromatic rings. The summed E-state index contributed by atoms with van der Waals surface area (Å²) in [5, 5.41) is 2.35. The maximum Gasteiger partial charge on any atom is 2.00 e. The normalized spacial score (nSPS) is 14.3. The van der Waals surface area contributed by atoms with Crippen LogP contribution in [0.15, 0.2) is 146 Å². The largest absolute Gasteiger partial charge is 2.00 e. The van der Waals surface area contributed by atoms with Crippen LogP contribution in [-0.4, -0.2) is 22.3 Å². The van der Waals surface area contributed by atoms with Crippen LogP contribution in [0.2, 0.25) is 0 Å². The Balaban J connectivity index is 0.00000397. The minimum Gasteiger partial charge on any atom is -0.349 e. The molecule has 0 saturated carbocycles. The summed E-state index contributed by atoms with van der Waals surface area (Å²) in [5.41, 5.74) is 13.4. The first kappa shape index (κ1) is 35.3. The van der Waals surface area contributed by atoms with Crippen LogP contribution in [0.5, 0.6) is 0 Å². The van der Waals surface area contributed by atoms with Gasteiger partial charge in [0.25, 0.3) is 0 Å². The Kier molecular flexibility index (Phi) is 8.40. The number of hydrogen-bond donors (Lipinski definition) is 0. The van der Waals surface area contributed by atoms with E-state index in [9.17, 15) is 0 Å². The maximum absolute atomic E-state index is 4.99. The van der Waals surface area contributed by atoms with Crippen LogP contribution in [0, 0.1) is 12.1 Å². The van der Waals surface area contributed by atoms with Crippen molar-refractivity contribution in [3.05, 3.63) is 186 Å². The van der Waals surface area contributed by atoms with Gasteiger partial charge in [0.1, 0.15) is 5.82 Å². The first-order valence-corrected chi connectivity index (χ1v) is 19.0. The van der Waals surface area contributed by atoms with Gasteiger partial charge >= 0.3 is 21.1 Å². The fourth-order valence-corrected chi connectivity index (χ4v) is 9.04. The number of nitrogens with zero attached hydrogens (tertiary/aromatic N) is 4. The third-order valence-electron chi connectivity index (χ3n) is 11.7. The van der Waals surface area contributed by atoms with Crippen LogP contribution >= 0.6 is 0 Å².